The number of hydrogen-bond donors (Lipinski definition) is 0. The molecule has 0 saturated carbocycles. The van der Waals surface area contributed by atoms with Gasteiger partial charge in [0.1, 0.15) is 5.75 Å². The molecule has 0 amide bonds. The molecule has 30 heavy (non-hydrogen) atoms. The molecule has 3 rings (SSSR count). The molecule has 0 unspecified atom stereocenters. The Hall–Kier alpha value is -4.13. The van der Waals surface area contributed by atoms with Crippen LogP contribution in [0.4, 0.5) is 0 Å². The Morgan fingerprint density at radius 1 is 0.967 bits per heavy atom. The van der Waals surface area contributed by atoms with Gasteiger partial charge in [-0.1, -0.05) is 48.5 Å². The maximum atomic E-state index is 12.1. The summed E-state index contributed by atoms with van der Waals surface area (Å²) in [6.45, 7) is -0.281. The second kappa shape index (κ2) is 9.88. The van der Waals surface area contributed by atoms with Crippen LogP contribution in [-0.2, 0) is 4.79 Å². The minimum atomic E-state index is -0.603. The Balaban J connectivity index is 1.58. The van der Waals surface area contributed by atoms with E-state index in [1.807, 2.05) is 42.5 Å². The van der Waals surface area contributed by atoms with Gasteiger partial charge in [0.25, 0.3) is 0 Å². The lowest BCUT2D eigenvalue weighted by atomic mass is 10.1. The van der Waals surface area contributed by atoms with Crippen molar-refractivity contribution in [1.29, 1.82) is 0 Å². The molecule has 0 aliphatic rings. The van der Waals surface area contributed by atoms with E-state index >= 15 is 0 Å². The van der Waals surface area contributed by atoms with E-state index in [-0.39, 0.29) is 18.1 Å². The SMILES string of the molecule is COc1cc(/C=C/[N+](=O)[O-])ccc1OC(=O)COc1ccc(-c2ccccc2)cc1. The van der Waals surface area contributed by atoms with Gasteiger partial charge in [0.2, 0.25) is 6.20 Å². The summed E-state index contributed by atoms with van der Waals surface area (Å²) in [5.74, 6) is 0.415. The van der Waals surface area contributed by atoms with Crippen molar-refractivity contribution in [2.75, 3.05) is 13.7 Å². The van der Waals surface area contributed by atoms with Crippen LogP contribution in [0.3, 0.4) is 0 Å². The van der Waals surface area contributed by atoms with Gasteiger partial charge in [0.15, 0.2) is 18.1 Å². The first-order chi connectivity index (χ1) is 14.5. The van der Waals surface area contributed by atoms with E-state index in [9.17, 15) is 14.9 Å². The Kier molecular flexibility index (Phi) is 6.78. The van der Waals surface area contributed by atoms with Crippen LogP contribution in [0, 0.1) is 10.1 Å². The number of carbonyl (C=O) groups is 1. The van der Waals surface area contributed by atoms with Gasteiger partial charge < -0.3 is 14.2 Å². The molecule has 152 valence electrons. The number of rotatable bonds is 8. The number of nitro groups is 1. The molecule has 3 aromatic carbocycles. The van der Waals surface area contributed by atoms with E-state index in [4.69, 9.17) is 14.2 Å². The highest BCUT2D eigenvalue weighted by atomic mass is 16.6. The third kappa shape index (κ3) is 5.68. The minimum Gasteiger partial charge on any atom is -0.493 e. The van der Waals surface area contributed by atoms with Gasteiger partial charge >= 0.3 is 5.97 Å². The minimum absolute atomic E-state index is 0.198. The monoisotopic (exact) mass is 405 g/mol. The van der Waals surface area contributed by atoms with Crippen LogP contribution in [0.2, 0.25) is 0 Å². The van der Waals surface area contributed by atoms with Gasteiger partial charge in [-0.3, -0.25) is 10.1 Å². The summed E-state index contributed by atoms with van der Waals surface area (Å²) in [5, 5.41) is 10.4. The number of carbonyl (C=O) groups excluding carboxylic acids is 1. The molecule has 0 atom stereocenters. The fourth-order valence-corrected chi connectivity index (χ4v) is 2.69. The van der Waals surface area contributed by atoms with Gasteiger partial charge in [-0.05, 0) is 41.0 Å². The summed E-state index contributed by atoms with van der Waals surface area (Å²) < 4.78 is 16.0. The number of hydrogen-bond acceptors (Lipinski definition) is 6. The van der Waals surface area contributed by atoms with Gasteiger partial charge in [-0.15, -0.1) is 0 Å². The lowest BCUT2D eigenvalue weighted by Gasteiger charge is -2.11. The summed E-state index contributed by atoms with van der Waals surface area (Å²) in [4.78, 5) is 22.0. The first kappa shape index (κ1) is 20.6. The predicted molar refractivity (Wildman–Crippen MR) is 112 cm³/mol. The Bertz CT molecular complexity index is 1050. The van der Waals surface area contributed by atoms with Crippen LogP contribution in [0.5, 0.6) is 17.2 Å². The lowest BCUT2D eigenvalue weighted by Crippen LogP contribution is -2.18. The highest BCUT2D eigenvalue weighted by Crippen LogP contribution is 2.29. The Labute approximate surface area is 173 Å². The quantitative estimate of drug-likeness (QED) is 0.236. The summed E-state index contributed by atoms with van der Waals surface area (Å²) in [5.41, 5.74) is 2.67. The number of ether oxygens (including phenoxy) is 3. The fraction of sp³-hybridized carbons (Fsp3) is 0.0870. The predicted octanol–water partition coefficient (Wildman–Crippen LogP) is 4.59. The van der Waals surface area contributed by atoms with Crippen LogP contribution < -0.4 is 14.2 Å². The molecule has 0 radical (unpaired) electrons. The van der Waals surface area contributed by atoms with Gasteiger partial charge in [-0.25, -0.2) is 4.79 Å². The zero-order valence-electron chi connectivity index (χ0n) is 16.2. The Morgan fingerprint density at radius 3 is 2.33 bits per heavy atom. The summed E-state index contributed by atoms with van der Waals surface area (Å²) in [7, 11) is 1.42. The Morgan fingerprint density at radius 2 is 1.67 bits per heavy atom. The first-order valence-corrected chi connectivity index (χ1v) is 9.04. The highest BCUT2D eigenvalue weighted by Gasteiger charge is 2.12. The van der Waals surface area contributed by atoms with Gasteiger partial charge in [0, 0.05) is 6.08 Å². The van der Waals surface area contributed by atoms with Crippen LogP contribution >= 0.6 is 0 Å². The normalized spacial score (nSPS) is 10.6. The zero-order chi connectivity index (χ0) is 21.3. The van der Waals surface area contributed by atoms with E-state index in [1.165, 1.54) is 25.3 Å². The van der Waals surface area contributed by atoms with E-state index in [0.717, 1.165) is 17.3 Å². The van der Waals surface area contributed by atoms with Gasteiger partial charge in [0.05, 0.1) is 12.0 Å². The summed E-state index contributed by atoms with van der Waals surface area (Å²) >= 11 is 0. The van der Waals surface area contributed by atoms with Crippen molar-refractivity contribution in [3.8, 4) is 28.4 Å². The average molecular weight is 405 g/mol. The summed E-state index contributed by atoms with van der Waals surface area (Å²) in [6.07, 6.45) is 2.13. The number of methoxy groups -OCH3 is 1. The van der Waals surface area contributed by atoms with E-state index in [1.54, 1.807) is 18.2 Å². The molecule has 0 N–H and O–H groups in total. The van der Waals surface area contributed by atoms with E-state index in [2.05, 4.69) is 0 Å². The molecular weight excluding hydrogens is 386 g/mol. The number of benzene rings is 3. The largest absolute Gasteiger partial charge is 0.493 e. The molecule has 0 saturated heterocycles. The van der Waals surface area contributed by atoms with Gasteiger partial charge in [-0.2, -0.15) is 0 Å². The third-order valence-electron chi connectivity index (χ3n) is 4.12. The smallest absolute Gasteiger partial charge is 0.349 e. The molecule has 0 bridgehead atoms. The molecule has 7 nitrogen and oxygen atoms in total. The van der Waals surface area contributed by atoms with Crippen LogP contribution in [-0.4, -0.2) is 24.6 Å². The van der Waals surface area contributed by atoms with Crippen LogP contribution in [0.15, 0.2) is 79.0 Å². The van der Waals surface area contributed by atoms with Crippen molar-refractivity contribution in [3.05, 3.63) is 94.7 Å². The van der Waals surface area contributed by atoms with Crippen LogP contribution in [0.25, 0.3) is 17.2 Å². The number of esters is 1. The topological polar surface area (TPSA) is 87.9 Å². The fourth-order valence-electron chi connectivity index (χ4n) is 2.69. The molecule has 7 heteroatoms. The number of nitrogens with zero attached hydrogens (tertiary/aromatic N) is 1. The molecule has 0 heterocycles. The van der Waals surface area contributed by atoms with E-state index < -0.39 is 10.9 Å². The zero-order valence-corrected chi connectivity index (χ0v) is 16.2. The van der Waals surface area contributed by atoms with Crippen molar-refractivity contribution < 1.29 is 23.9 Å². The van der Waals surface area contributed by atoms with Crippen molar-refractivity contribution in [1.82, 2.24) is 0 Å². The maximum Gasteiger partial charge on any atom is 0.349 e. The van der Waals surface area contributed by atoms with E-state index in [0.29, 0.717) is 11.3 Å². The van der Waals surface area contributed by atoms with Crippen molar-refractivity contribution in [3.63, 3.8) is 0 Å². The molecule has 0 aliphatic carbocycles. The second-order valence-corrected chi connectivity index (χ2v) is 6.16. The standard InChI is InChI=1S/C23H19NO6/c1-28-22-15-17(13-14-24(26)27)7-12-21(22)30-23(25)16-29-20-10-8-19(9-11-20)18-5-3-2-4-6-18/h2-15H,16H2,1H3/b14-13+. The second-order valence-electron chi connectivity index (χ2n) is 6.16. The molecule has 0 fully saturated rings. The lowest BCUT2D eigenvalue weighted by molar-refractivity contribution is -0.400. The summed E-state index contributed by atoms with van der Waals surface area (Å²) in [6, 6.07) is 21.9. The van der Waals surface area contributed by atoms with Crippen molar-refractivity contribution in [2.45, 2.75) is 0 Å². The molecule has 0 aliphatic heterocycles. The molecular formula is C23H19NO6. The first-order valence-electron chi connectivity index (χ1n) is 9.04. The molecule has 3 aromatic rings. The highest BCUT2D eigenvalue weighted by molar-refractivity contribution is 5.75. The average Bonchev–Trinajstić information content (AvgIpc) is 2.78. The van der Waals surface area contributed by atoms with Crippen molar-refractivity contribution >= 4 is 12.0 Å². The van der Waals surface area contributed by atoms with Crippen LogP contribution in [0.1, 0.15) is 5.56 Å². The molecule has 0 spiro atoms. The van der Waals surface area contributed by atoms with Crippen molar-refractivity contribution in [2.24, 2.45) is 0 Å². The third-order valence-corrected chi connectivity index (χ3v) is 4.12. The molecule has 0 aromatic heterocycles. The maximum absolute atomic E-state index is 12.1.